The van der Waals surface area contributed by atoms with Crippen molar-refractivity contribution in [3.8, 4) is 31.2 Å². The molecular formula is C33H42N10O8S2. The standard InChI is InChI=1S/C33H42N10O8S2/c1-16(49-3)24(40-32(46)47)30(44)42-10-6-8-20(42)26-34-12-18(38-26)28-36-14-22(52-28)23-15-37-29(53-23)19-13-35-27(39-19)21-9-7-11-43(21)31(45)25(17(2)50-4)41-33(48)51-5/h12-17,20-21,24-25,40H,6-11H2,1-5H3,(H,34,38)(H,35,39)(H,41,48)(H,46,47)/t16-,17-,20+,21+,24+,25+/m1/s1. The van der Waals surface area contributed by atoms with E-state index < -0.39 is 36.5 Å². The third kappa shape index (κ3) is 8.04. The average Bonchev–Trinajstić information content (AvgIpc) is 3.99. The van der Waals surface area contributed by atoms with Crippen LogP contribution in [0.2, 0.25) is 0 Å². The number of carbonyl (C=O) groups excluding carboxylic acids is 3. The SMILES string of the molecule is COC(=O)N[C@H](C(=O)N1CCC[C@H]1c1nc(-c2ncc(-c3cnc(-c4c[nH]c([C@@H]5CCCN5C(=O)[C@@H](NC(=O)O)[C@@H](C)OC)n4)s3)s2)c[nH]1)[C@@H](C)OC. The average molecular weight is 771 g/mol. The number of hydrogen-bond acceptors (Lipinski definition) is 13. The first kappa shape index (κ1) is 37.8. The van der Waals surface area contributed by atoms with E-state index in [4.69, 9.17) is 24.2 Å². The van der Waals surface area contributed by atoms with E-state index in [1.807, 2.05) is 0 Å². The molecule has 4 amide bonds. The van der Waals surface area contributed by atoms with Gasteiger partial charge in [0.15, 0.2) is 0 Å². The number of nitrogens with one attached hydrogen (secondary N) is 4. The predicted molar refractivity (Wildman–Crippen MR) is 193 cm³/mol. The molecule has 0 unspecified atom stereocenters. The highest BCUT2D eigenvalue weighted by Gasteiger charge is 2.40. The van der Waals surface area contributed by atoms with Crippen LogP contribution in [0.1, 0.15) is 63.3 Å². The lowest BCUT2D eigenvalue weighted by Crippen LogP contribution is -2.54. The normalized spacial score (nSPS) is 19.5. The number of aromatic nitrogens is 6. The van der Waals surface area contributed by atoms with Crippen LogP contribution in [-0.4, -0.2) is 128 Å². The molecule has 0 aliphatic carbocycles. The second kappa shape index (κ2) is 16.4. The lowest BCUT2D eigenvalue weighted by Gasteiger charge is -2.30. The second-order valence-electron chi connectivity index (χ2n) is 12.7. The van der Waals surface area contributed by atoms with Crippen molar-refractivity contribution in [2.75, 3.05) is 34.4 Å². The van der Waals surface area contributed by atoms with E-state index in [1.165, 1.54) is 44.0 Å². The van der Waals surface area contributed by atoms with Gasteiger partial charge in [-0.05, 0) is 39.5 Å². The fourth-order valence-corrected chi connectivity index (χ4v) is 8.40. The smallest absolute Gasteiger partial charge is 0.407 e. The maximum Gasteiger partial charge on any atom is 0.407 e. The first-order valence-electron chi connectivity index (χ1n) is 17.1. The van der Waals surface area contributed by atoms with Gasteiger partial charge in [-0.2, -0.15) is 0 Å². The van der Waals surface area contributed by atoms with Gasteiger partial charge < -0.3 is 49.7 Å². The van der Waals surface area contributed by atoms with Gasteiger partial charge in [0.25, 0.3) is 0 Å². The molecular weight excluding hydrogens is 729 g/mol. The number of ether oxygens (including phenoxy) is 3. The Hall–Kier alpha value is -4.92. The summed E-state index contributed by atoms with van der Waals surface area (Å²) in [6.45, 7) is 4.35. The maximum atomic E-state index is 13.6. The zero-order valence-electron chi connectivity index (χ0n) is 29.8. The Kier molecular flexibility index (Phi) is 11.7. The first-order valence-corrected chi connectivity index (χ1v) is 18.7. The van der Waals surface area contributed by atoms with Gasteiger partial charge in [-0.1, -0.05) is 0 Å². The molecule has 2 aliphatic heterocycles. The van der Waals surface area contributed by atoms with Gasteiger partial charge in [0.1, 0.15) is 45.1 Å². The Labute approximate surface area is 312 Å². The molecule has 284 valence electrons. The quantitative estimate of drug-likeness (QED) is 0.131. The van der Waals surface area contributed by atoms with Crippen molar-refractivity contribution in [3.63, 3.8) is 0 Å². The summed E-state index contributed by atoms with van der Waals surface area (Å²) in [5, 5.41) is 15.6. The highest BCUT2D eigenvalue weighted by atomic mass is 32.1. The summed E-state index contributed by atoms with van der Waals surface area (Å²) in [5.41, 5.74) is 1.27. The van der Waals surface area contributed by atoms with Crippen LogP contribution in [0.25, 0.3) is 31.2 Å². The van der Waals surface area contributed by atoms with Gasteiger partial charge in [-0.25, -0.2) is 29.5 Å². The Morgan fingerprint density at radius 3 is 1.66 bits per heavy atom. The van der Waals surface area contributed by atoms with Crippen molar-refractivity contribution in [2.24, 2.45) is 0 Å². The number of amides is 4. The summed E-state index contributed by atoms with van der Waals surface area (Å²) < 4.78 is 15.4. The van der Waals surface area contributed by atoms with Crippen LogP contribution in [-0.2, 0) is 23.8 Å². The van der Waals surface area contributed by atoms with Crippen molar-refractivity contribution in [1.82, 2.24) is 50.3 Å². The molecule has 5 N–H and O–H groups in total. The summed E-state index contributed by atoms with van der Waals surface area (Å²) >= 11 is 2.91. The summed E-state index contributed by atoms with van der Waals surface area (Å²) in [4.78, 5) is 80.8. The Balaban J connectivity index is 1.14. The Morgan fingerprint density at radius 2 is 1.25 bits per heavy atom. The Morgan fingerprint density at radius 1 is 0.792 bits per heavy atom. The molecule has 6 rings (SSSR count). The van der Waals surface area contributed by atoms with Crippen LogP contribution in [0.15, 0.2) is 24.8 Å². The highest BCUT2D eigenvalue weighted by Crippen LogP contribution is 2.39. The fourth-order valence-electron chi connectivity index (χ4n) is 6.58. The summed E-state index contributed by atoms with van der Waals surface area (Å²) in [7, 11) is 4.16. The molecule has 4 aromatic rings. The van der Waals surface area contributed by atoms with Crippen molar-refractivity contribution in [2.45, 2.75) is 75.9 Å². The molecule has 0 radical (unpaired) electrons. The molecule has 6 atom stereocenters. The highest BCUT2D eigenvalue weighted by molar-refractivity contribution is 7.24. The van der Waals surface area contributed by atoms with Crippen LogP contribution >= 0.6 is 22.7 Å². The second-order valence-corrected chi connectivity index (χ2v) is 14.8. The number of likely N-dealkylation sites (tertiary alicyclic amines) is 2. The molecule has 2 saturated heterocycles. The molecule has 4 aromatic heterocycles. The van der Waals surface area contributed by atoms with Crippen molar-refractivity contribution in [1.29, 1.82) is 0 Å². The van der Waals surface area contributed by atoms with E-state index >= 15 is 0 Å². The van der Waals surface area contributed by atoms with E-state index in [-0.39, 0.29) is 23.9 Å². The topological polar surface area (TPSA) is 230 Å². The third-order valence-corrected chi connectivity index (χ3v) is 11.8. The first-order chi connectivity index (χ1) is 25.5. The fraction of sp³-hybridized carbons (Fsp3) is 0.515. The van der Waals surface area contributed by atoms with Crippen molar-refractivity contribution < 1.29 is 38.5 Å². The number of hydrogen-bond donors (Lipinski definition) is 5. The minimum Gasteiger partial charge on any atom is -0.465 e. The van der Waals surface area contributed by atoms with Crippen molar-refractivity contribution >= 4 is 46.7 Å². The number of aromatic amines is 2. The zero-order valence-corrected chi connectivity index (χ0v) is 31.5. The molecule has 0 spiro atoms. The van der Waals surface area contributed by atoms with Gasteiger partial charge >= 0.3 is 12.2 Å². The van der Waals surface area contributed by atoms with Gasteiger partial charge in [-0.3, -0.25) is 9.59 Å². The monoisotopic (exact) mass is 770 g/mol. The number of carbonyl (C=O) groups is 4. The van der Waals surface area contributed by atoms with E-state index in [1.54, 1.807) is 48.4 Å². The number of methoxy groups -OCH3 is 3. The summed E-state index contributed by atoms with van der Waals surface area (Å²) in [5.74, 6) is 0.584. The molecule has 20 heteroatoms. The molecule has 2 aliphatic rings. The van der Waals surface area contributed by atoms with Gasteiger partial charge in [-0.15, -0.1) is 22.7 Å². The molecule has 18 nitrogen and oxygen atoms in total. The lowest BCUT2D eigenvalue weighted by molar-refractivity contribution is -0.138. The van der Waals surface area contributed by atoms with Crippen LogP contribution in [0.4, 0.5) is 9.59 Å². The number of carboxylic acid groups (broad SMARTS) is 1. The molecule has 0 aromatic carbocycles. The summed E-state index contributed by atoms with van der Waals surface area (Å²) in [6.07, 6.45) is 6.74. The van der Waals surface area contributed by atoms with Gasteiger partial charge in [0.05, 0.1) is 41.2 Å². The van der Waals surface area contributed by atoms with E-state index in [9.17, 15) is 24.3 Å². The Bertz CT molecular complexity index is 1930. The molecule has 53 heavy (non-hydrogen) atoms. The zero-order chi connectivity index (χ0) is 37.8. The number of rotatable bonds is 13. The number of alkyl carbamates (subject to hydrolysis) is 1. The number of H-pyrrole nitrogens is 2. The van der Waals surface area contributed by atoms with Crippen LogP contribution in [0.3, 0.4) is 0 Å². The molecule has 0 saturated carbocycles. The number of thiazole rings is 2. The molecule has 0 bridgehead atoms. The van der Waals surface area contributed by atoms with E-state index in [2.05, 4.69) is 30.6 Å². The van der Waals surface area contributed by atoms with E-state index in [0.29, 0.717) is 59.0 Å². The largest absolute Gasteiger partial charge is 0.465 e. The lowest BCUT2D eigenvalue weighted by atomic mass is 10.1. The maximum absolute atomic E-state index is 13.6. The number of nitrogens with zero attached hydrogens (tertiary/aromatic N) is 6. The molecule has 6 heterocycles. The molecule has 2 fully saturated rings. The summed E-state index contributed by atoms with van der Waals surface area (Å²) in [6, 6.07) is -2.63. The minimum atomic E-state index is -1.30. The minimum absolute atomic E-state index is 0.279. The third-order valence-electron chi connectivity index (χ3n) is 9.54. The predicted octanol–water partition coefficient (Wildman–Crippen LogP) is 3.80. The van der Waals surface area contributed by atoms with Crippen molar-refractivity contribution in [3.05, 3.63) is 36.4 Å². The van der Waals surface area contributed by atoms with Crippen LogP contribution in [0.5, 0.6) is 0 Å². The van der Waals surface area contributed by atoms with Gasteiger partial charge in [0.2, 0.25) is 11.8 Å². The van der Waals surface area contributed by atoms with Gasteiger partial charge in [0, 0.05) is 52.1 Å². The van der Waals surface area contributed by atoms with Crippen LogP contribution < -0.4 is 10.6 Å². The van der Waals surface area contributed by atoms with E-state index in [0.717, 1.165) is 22.6 Å². The van der Waals surface area contributed by atoms with Crippen LogP contribution in [0, 0.1) is 0 Å². The number of imidazole rings is 2.